The van der Waals surface area contributed by atoms with Gasteiger partial charge in [0.15, 0.2) is 0 Å². The number of hydrogen-bond donors (Lipinski definition) is 2. The van der Waals surface area contributed by atoms with E-state index in [4.69, 9.17) is 5.73 Å². The number of anilines is 2. The normalized spacial score (nSPS) is 10.2. The minimum atomic E-state index is -0.798. The quantitative estimate of drug-likeness (QED) is 0.515. The molecule has 108 valence electrons. The van der Waals surface area contributed by atoms with E-state index >= 15 is 0 Å². The number of halogens is 1. The molecule has 0 unspecified atom stereocenters. The zero-order valence-electron chi connectivity index (χ0n) is 11.1. The van der Waals surface area contributed by atoms with Gasteiger partial charge in [-0.2, -0.15) is 0 Å². The molecule has 3 N–H and O–H groups in total. The van der Waals surface area contributed by atoms with Crippen molar-refractivity contribution in [2.24, 2.45) is 0 Å². The number of non-ortho nitro benzene ring substituents is 1. The lowest BCUT2D eigenvalue weighted by atomic mass is 10.1. The maximum atomic E-state index is 13.3. The van der Waals surface area contributed by atoms with Crippen LogP contribution in [0.3, 0.4) is 0 Å². The van der Waals surface area contributed by atoms with Gasteiger partial charge in [-0.15, -0.1) is 0 Å². The van der Waals surface area contributed by atoms with Crippen LogP contribution >= 0.6 is 0 Å². The van der Waals surface area contributed by atoms with Gasteiger partial charge in [-0.3, -0.25) is 14.9 Å². The molecule has 0 radical (unpaired) electrons. The zero-order chi connectivity index (χ0) is 15.6. The van der Waals surface area contributed by atoms with Gasteiger partial charge in [0.1, 0.15) is 5.82 Å². The highest BCUT2D eigenvalue weighted by Crippen LogP contribution is 2.21. The van der Waals surface area contributed by atoms with E-state index in [-0.39, 0.29) is 5.69 Å². The predicted molar refractivity (Wildman–Crippen MR) is 76.6 cm³/mol. The number of nitrogen functional groups attached to an aromatic ring is 1. The molecule has 2 aromatic carbocycles. The minimum Gasteiger partial charge on any atom is -0.399 e. The van der Waals surface area contributed by atoms with E-state index in [2.05, 4.69) is 5.32 Å². The average Bonchev–Trinajstić information content (AvgIpc) is 2.37. The largest absolute Gasteiger partial charge is 0.399 e. The van der Waals surface area contributed by atoms with E-state index < -0.39 is 22.3 Å². The van der Waals surface area contributed by atoms with Gasteiger partial charge in [-0.05, 0) is 36.8 Å². The standard InChI is InChI=1S/C14H12FN3O3/c1-8-4-10(16)2-3-13(8)14(19)17-11-5-9(15)6-12(7-11)18(20)21/h2-7H,16H2,1H3,(H,17,19). The van der Waals surface area contributed by atoms with Crippen LogP contribution in [0.15, 0.2) is 36.4 Å². The highest BCUT2D eigenvalue weighted by atomic mass is 19.1. The molecule has 0 aromatic heterocycles. The van der Waals surface area contributed by atoms with Crippen LogP contribution in [0.25, 0.3) is 0 Å². The van der Waals surface area contributed by atoms with Crippen molar-refractivity contribution < 1.29 is 14.1 Å². The Morgan fingerprint density at radius 3 is 2.62 bits per heavy atom. The van der Waals surface area contributed by atoms with Crippen LogP contribution in [0.2, 0.25) is 0 Å². The second-order valence-corrected chi connectivity index (χ2v) is 4.48. The number of hydrogen-bond acceptors (Lipinski definition) is 4. The third kappa shape index (κ3) is 3.33. The highest BCUT2D eigenvalue weighted by molar-refractivity contribution is 6.05. The van der Waals surface area contributed by atoms with Crippen molar-refractivity contribution in [3.05, 3.63) is 63.5 Å². The van der Waals surface area contributed by atoms with E-state index in [1.54, 1.807) is 19.1 Å². The lowest BCUT2D eigenvalue weighted by Crippen LogP contribution is -2.14. The second-order valence-electron chi connectivity index (χ2n) is 4.48. The van der Waals surface area contributed by atoms with Crippen LogP contribution in [0.4, 0.5) is 21.5 Å². The SMILES string of the molecule is Cc1cc(N)ccc1C(=O)Nc1cc(F)cc([N+](=O)[O-])c1. The fourth-order valence-electron chi connectivity index (χ4n) is 1.89. The predicted octanol–water partition coefficient (Wildman–Crippen LogP) is 2.88. The summed E-state index contributed by atoms with van der Waals surface area (Å²) >= 11 is 0. The molecular weight excluding hydrogens is 277 g/mol. The molecular formula is C14H12FN3O3. The minimum absolute atomic E-state index is 0.0166. The Bertz CT molecular complexity index is 731. The van der Waals surface area contributed by atoms with E-state index in [1.165, 1.54) is 6.07 Å². The van der Waals surface area contributed by atoms with E-state index in [0.717, 1.165) is 18.2 Å². The molecule has 0 bridgehead atoms. The first-order valence-electron chi connectivity index (χ1n) is 5.99. The Labute approximate surface area is 119 Å². The first kappa shape index (κ1) is 14.4. The number of nitrogens with one attached hydrogen (secondary N) is 1. The number of carbonyl (C=O) groups excluding carboxylic acids is 1. The number of carbonyl (C=O) groups is 1. The lowest BCUT2D eigenvalue weighted by molar-refractivity contribution is -0.385. The molecule has 1 amide bonds. The first-order chi connectivity index (χ1) is 9.86. The Kier molecular flexibility index (Phi) is 3.84. The molecule has 2 rings (SSSR count). The topological polar surface area (TPSA) is 98.3 Å². The van der Waals surface area contributed by atoms with Gasteiger partial charge >= 0.3 is 0 Å². The van der Waals surface area contributed by atoms with E-state index in [0.29, 0.717) is 16.8 Å². The maximum absolute atomic E-state index is 13.3. The first-order valence-corrected chi connectivity index (χ1v) is 5.99. The molecule has 0 aliphatic rings. The molecule has 0 saturated carbocycles. The van der Waals surface area contributed by atoms with Crippen molar-refractivity contribution in [2.45, 2.75) is 6.92 Å². The van der Waals surface area contributed by atoms with Crippen LogP contribution in [0, 0.1) is 22.9 Å². The zero-order valence-corrected chi connectivity index (χ0v) is 11.1. The van der Waals surface area contributed by atoms with Gasteiger partial charge in [0.25, 0.3) is 11.6 Å². The van der Waals surface area contributed by atoms with E-state index in [9.17, 15) is 19.3 Å². The summed E-state index contributed by atoms with van der Waals surface area (Å²) in [6, 6.07) is 7.61. The molecule has 0 aliphatic carbocycles. The molecule has 0 spiro atoms. The summed E-state index contributed by atoms with van der Waals surface area (Å²) in [5.41, 5.74) is 6.71. The van der Waals surface area contributed by atoms with Gasteiger partial charge in [-0.25, -0.2) is 4.39 Å². The molecule has 0 fully saturated rings. The van der Waals surface area contributed by atoms with Crippen molar-refractivity contribution in [2.75, 3.05) is 11.1 Å². The van der Waals surface area contributed by atoms with Gasteiger partial charge in [-0.1, -0.05) is 0 Å². The number of nitrogens with zero attached hydrogens (tertiary/aromatic N) is 1. The Morgan fingerprint density at radius 2 is 2.00 bits per heavy atom. The molecule has 0 heterocycles. The van der Waals surface area contributed by atoms with Crippen LogP contribution < -0.4 is 11.1 Å². The van der Waals surface area contributed by atoms with Gasteiger partial charge < -0.3 is 11.1 Å². The Hall–Kier alpha value is -2.96. The fourth-order valence-corrected chi connectivity index (χ4v) is 1.89. The van der Waals surface area contributed by atoms with Crippen LogP contribution in [-0.4, -0.2) is 10.8 Å². The lowest BCUT2D eigenvalue weighted by Gasteiger charge is -2.08. The number of benzene rings is 2. The number of rotatable bonds is 3. The van der Waals surface area contributed by atoms with Crippen molar-refractivity contribution in [1.82, 2.24) is 0 Å². The van der Waals surface area contributed by atoms with Crippen molar-refractivity contribution in [3.63, 3.8) is 0 Å². The number of nitro groups is 1. The average molecular weight is 289 g/mol. The molecule has 2 aromatic rings. The monoisotopic (exact) mass is 289 g/mol. The van der Waals surface area contributed by atoms with Crippen molar-refractivity contribution >= 4 is 23.0 Å². The van der Waals surface area contributed by atoms with E-state index in [1.807, 2.05) is 0 Å². The summed E-state index contributed by atoms with van der Waals surface area (Å²) in [5.74, 6) is -1.29. The number of amides is 1. The fraction of sp³-hybridized carbons (Fsp3) is 0.0714. The van der Waals surface area contributed by atoms with Crippen LogP contribution in [0.1, 0.15) is 15.9 Å². The van der Waals surface area contributed by atoms with Gasteiger partial charge in [0, 0.05) is 17.3 Å². The summed E-state index contributed by atoms with van der Waals surface area (Å²) in [6.45, 7) is 1.71. The number of nitrogens with two attached hydrogens (primary N) is 1. The second kappa shape index (κ2) is 5.58. The molecule has 0 atom stereocenters. The summed E-state index contributed by atoms with van der Waals surface area (Å²) < 4.78 is 13.3. The third-order valence-corrected chi connectivity index (χ3v) is 2.85. The number of nitro benzene ring substituents is 1. The third-order valence-electron chi connectivity index (χ3n) is 2.85. The molecule has 0 saturated heterocycles. The summed E-state index contributed by atoms with van der Waals surface area (Å²) in [7, 11) is 0. The molecule has 6 nitrogen and oxygen atoms in total. The summed E-state index contributed by atoms with van der Waals surface area (Å²) in [6.07, 6.45) is 0. The Morgan fingerprint density at radius 1 is 1.29 bits per heavy atom. The molecule has 0 aliphatic heterocycles. The van der Waals surface area contributed by atoms with Crippen LogP contribution in [0.5, 0.6) is 0 Å². The smallest absolute Gasteiger partial charge is 0.274 e. The number of aryl methyl sites for hydroxylation is 1. The molecule has 7 heteroatoms. The van der Waals surface area contributed by atoms with Gasteiger partial charge in [0.05, 0.1) is 16.7 Å². The maximum Gasteiger partial charge on any atom is 0.274 e. The molecule has 21 heavy (non-hydrogen) atoms. The van der Waals surface area contributed by atoms with Gasteiger partial charge in [0.2, 0.25) is 0 Å². The summed E-state index contributed by atoms with van der Waals surface area (Å²) in [5, 5.41) is 13.1. The summed E-state index contributed by atoms with van der Waals surface area (Å²) in [4.78, 5) is 22.0. The highest BCUT2D eigenvalue weighted by Gasteiger charge is 2.14. The Balaban J connectivity index is 2.29. The van der Waals surface area contributed by atoms with Crippen molar-refractivity contribution in [3.8, 4) is 0 Å². The van der Waals surface area contributed by atoms with Crippen LogP contribution in [-0.2, 0) is 0 Å². The van der Waals surface area contributed by atoms with Crippen molar-refractivity contribution in [1.29, 1.82) is 0 Å².